The summed E-state index contributed by atoms with van der Waals surface area (Å²) in [6.45, 7) is 3.94. The lowest BCUT2D eigenvalue weighted by atomic mass is 9.88. The first-order chi connectivity index (χ1) is 16.0. The molecule has 1 fully saturated rings. The molecule has 33 heavy (non-hydrogen) atoms. The maximum Gasteiger partial charge on any atom is 0.255 e. The maximum atomic E-state index is 13.3. The zero-order valence-corrected chi connectivity index (χ0v) is 18.8. The molecule has 2 aromatic carbocycles. The second-order valence-electron chi connectivity index (χ2n) is 8.47. The van der Waals surface area contributed by atoms with Gasteiger partial charge in [-0.15, -0.1) is 0 Å². The van der Waals surface area contributed by atoms with E-state index in [1.807, 2.05) is 36.1 Å². The summed E-state index contributed by atoms with van der Waals surface area (Å²) in [7, 11) is 1.62. The molecule has 3 aromatic rings. The fourth-order valence-electron chi connectivity index (χ4n) is 4.54. The summed E-state index contributed by atoms with van der Waals surface area (Å²) >= 11 is 0. The number of benzene rings is 2. The molecule has 2 aliphatic rings. The van der Waals surface area contributed by atoms with Crippen LogP contribution in [0.2, 0.25) is 0 Å². The first kappa shape index (κ1) is 21.2. The van der Waals surface area contributed by atoms with Crippen LogP contribution in [0.5, 0.6) is 17.2 Å². The van der Waals surface area contributed by atoms with E-state index in [4.69, 9.17) is 14.2 Å². The highest BCUT2D eigenvalue weighted by Crippen LogP contribution is 2.33. The minimum Gasteiger partial charge on any atom is -0.497 e. The first-order valence-electron chi connectivity index (χ1n) is 11.2. The van der Waals surface area contributed by atoms with Gasteiger partial charge in [-0.1, -0.05) is 0 Å². The van der Waals surface area contributed by atoms with Crippen molar-refractivity contribution >= 4 is 22.6 Å². The molecule has 5 rings (SSSR count). The number of carbonyl (C=O) groups is 2. The van der Waals surface area contributed by atoms with Gasteiger partial charge in [-0.3, -0.25) is 14.6 Å². The normalized spacial score (nSPS) is 16.0. The number of aryl methyl sites for hydroxylation is 1. The largest absolute Gasteiger partial charge is 0.497 e. The zero-order valence-electron chi connectivity index (χ0n) is 18.8. The van der Waals surface area contributed by atoms with Crippen molar-refractivity contribution in [1.29, 1.82) is 0 Å². The van der Waals surface area contributed by atoms with Crippen molar-refractivity contribution in [1.82, 2.24) is 9.88 Å². The van der Waals surface area contributed by atoms with Gasteiger partial charge in [0.05, 0.1) is 23.9 Å². The SMILES string of the molecule is COc1ccc2nc(C)c(C(=O)N3CCC(C(=O)c4ccc5c(c4)OCCO5)CC3)cc2c1. The number of hydrogen-bond donors (Lipinski definition) is 0. The van der Waals surface area contributed by atoms with Crippen LogP contribution >= 0.6 is 0 Å². The lowest BCUT2D eigenvalue weighted by Crippen LogP contribution is -2.40. The summed E-state index contributed by atoms with van der Waals surface area (Å²) in [5, 5.41) is 0.868. The van der Waals surface area contributed by atoms with Crippen LogP contribution in [-0.2, 0) is 0 Å². The number of piperidine rings is 1. The second kappa shape index (κ2) is 8.73. The Hall–Kier alpha value is -3.61. The average Bonchev–Trinajstić information content (AvgIpc) is 2.87. The summed E-state index contributed by atoms with van der Waals surface area (Å²) in [5.41, 5.74) is 2.75. The van der Waals surface area contributed by atoms with Crippen molar-refractivity contribution in [2.75, 3.05) is 33.4 Å². The monoisotopic (exact) mass is 446 g/mol. The van der Waals surface area contributed by atoms with Gasteiger partial charge in [0, 0.05) is 30.0 Å². The third kappa shape index (κ3) is 4.11. The number of ether oxygens (including phenoxy) is 3. The smallest absolute Gasteiger partial charge is 0.255 e. The Bertz CT molecular complexity index is 1230. The van der Waals surface area contributed by atoms with Crippen molar-refractivity contribution in [2.45, 2.75) is 19.8 Å². The van der Waals surface area contributed by atoms with Gasteiger partial charge in [-0.2, -0.15) is 0 Å². The fourth-order valence-corrected chi connectivity index (χ4v) is 4.54. The first-order valence-corrected chi connectivity index (χ1v) is 11.2. The summed E-state index contributed by atoms with van der Waals surface area (Å²) in [4.78, 5) is 32.8. The minimum atomic E-state index is -0.114. The number of Topliss-reactive ketones (excluding diaryl/α,β-unsaturated/α-hetero) is 1. The van der Waals surface area contributed by atoms with E-state index in [-0.39, 0.29) is 17.6 Å². The molecule has 1 saturated heterocycles. The highest BCUT2D eigenvalue weighted by atomic mass is 16.6. The van der Waals surface area contributed by atoms with Crippen LogP contribution in [0.4, 0.5) is 0 Å². The number of amides is 1. The number of hydrogen-bond acceptors (Lipinski definition) is 6. The van der Waals surface area contributed by atoms with E-state index in [2.05, 4.69) is 4.98 Å². The average molecular weight is 447 g/mol. The van der Waals surface area contributed by atoms with Gasteiger partial charge >= 0.3 is 0 Å². The number of likely N-dealkylation sites (tertiary alicyclic amines) is 1. The van der Waals surface area contributed by atoms with Crippen molar-refractivity contribution in [2.24, 2.45) is 5.92 Å². The zero-order chi connectivity index (χ0) is 22.9. The highest BCUT2D eigenvalue weighted by Gasteiger charge is 2.30. The molecular weight excluding hydrogens is 420 g/mol. The Balaban J connectivity index is 1.28. The Morgan fingerprint density at radius 3 is 2.52 bits per heavy atom. The van der Waals surface area contributed by atoms with Gasteiger partial charge in [0.25, 0.3) is 5.91 Å². The number of ketones is 1. The number of nitrogens with zero attached hydrogens (tertiary/aromatic N) is 2. The summed E-state index contributed by atoms with van der Waals surface area (Å²) < 4.78 is 16.5. The molecule has 2 aliphatic heterocycles. The maximum absolute atomic E-state index is 13.3. The van der Waals surface area contributed by atoms with E-state index in [0.29, 0.717) is 67.5 Å². The number of fused-ring (bicyclic) bond motifs is 2. The van der Waals surface area contributed by atoms with E-state index in [9.17, 15) is 9.59 Å². The Morgan fingerprint density at radius 2 is 1.76 bits per heavy atom. The molecule has 0 N–H and O–H groups in total. The van der Waals surface area contributed by atoms with Gasteiger partial charge in [0.1, 0.15) is 19.0 Å². The molecule has 0 radical (unpaired) electrons. The molecule has 170 valence electrons. The Labute approximate surface area is 192 Å². The molecule has 7 nitrogen and oxygen atoms in total. The number of carbonyl (C=O) groups excluding carboxylic acids is 2. The third-order valence-electron chi connectivity index (χ3n) is 6.42. The van der Waals surface area contributed by atoms with Crippen molar-refractivity contribution < 1.29 is 23.8 Å². The molecule has 1 aromatic heterocycles. The molecule has 0 saturated carbocycles. The topological polar surface area (TPSA) is 78.0 Å². The fraction of sp³-hybridized carbons (Fsp3) is 0.346. The van der Waals surface area contributed by atoms with Crippen LogP contribution in [0.25, 0.3) is 10.9 Å². The molecule has 0 spiro atoms. The van der Waals surface area contributed by atoms with E-state index in [1.165, 1.54) is 0 Å². The summed E-state index contributed by atoms with van der Waals surface area (Å²) in [6.07, 6.45) is 1.26. The molecule has 3 heterocycles. The molecule has 0 bridgehead atoms. The molecule has 1 amide bonds. The van der Waals surface area contributed by atoms with Gasteiger partial charge in [-0.25, -0.2) is 0 Å². The van der Waals surface area contributed by atoms with Crippen LogP contribution < -0.4 is 14.2 Å². The summed E-state index contributed by atoms with van der Waals surface area (Å²) in [5.74, 6) is 1.96. The number of methoxy groups -OCH3 is 1. The van der Waals surface area contributed by atoms with E-state index < -0.39 is 0 Å². The molecule has 0 aliphatic carbocycles. The highest BCUT2D eigenvalue weighted by molar-refractivity contribution is 6.00. The second-order valence-corrected chi connectivity index (χ2v) is 8.47. The van der Waals surface area contributed by atoms with Gasteiger partial charge in [0.15, 0.2) is 17.3 Å². The van der Waals surface area contributed by atoms with Gasteiger partial charge in [0.2, 0.25) is 0 Å². The van der Waals surface area contributed by atoms with Crippen LogP contribution in [0.1, 0.15) is 39.3 Å². The van der Waals surface area contributed by atoms with E-state index in [0.717, 1.165) is 16.7 Å². The quantitative estimate of drug-likeness (QED) is 0.563. The third-order valence-corrected chi connectivity index (χ3v) is 6.42. The summed E-state index contributed by atoms with van der Waals surface area (Å²) in [6, 6.07) is 12.9. The molecule has 7 heteroatoms. The molecular formula is C26H26N2O5. The number of aromatic nitrogens is 1. The van der Waals surface area contributed by atoms with Crippen molar-refractivity contribution in [3.8, 4) is 17.2 Å². The number of pyridine rings is 1. The van der Waals surface area contributed by atoms with Gasteiger partial charge in [-0.05, 0) is 62.2 Å². The van der Waals surface area contributed by atoms with Crippen molar-refractivity contribution in [3.63, 3.8) is 0 Å². The lowest BCUT2D eigenvalue weighted by Gasteiger charge is -2.32. The van der Waals surface area contributed by atoms with Crippen LogP contribution in [0, 0.1) is 12.8 Å². The Morgan fingerprint density at radius 1 is 1.00 bits per heavy atom. The van der Waals surface area contributed by atoms with E-state index in [1.54, 1.807) is 25.3 Å². The van der Waals surface area contributed by atoms with Crippen LogP contribution in [0.15, 0.2) is 42.5 Å². The lowest BCUT2D eigenvalue weighted by molar-refractivity contribution is 0.0649. The Kier molecular flexibility index (Phi) is 5.62. The number of rotatable bonds is 4. The van der Waals surface area contributed by atoms with Crippen LogP contribution in [0.3, 0.4) is 0 Å². The molecule has 0 atom stereocenters. The van der Waals surface area contributed by atoms with Crippen LogP contribution in [-0.4, -0.2) is 55.0 Å². The predicted octanol–water partition coefficient (Wildman–Crippen LogP) is 4.06. The molecule has 0 unspecified atom stereocenters. The standard InChI is InChI=1S/C26H26N2O5/c1-16-21(14-19-13-20(31-2)4-5-22(19)27-16)26(30)28-9-7-17(8-10-28)25(29)18-3-6-23-24(15-18)33-12-11-32-23/h3-6,13-15,17H,7-12H2,1-2H3. The van der Waals surface area contributed by atoms with Crippen molar-refractivity contribution in [3.05, 3.63) is 59.3 Å². The minimum absolute atomic E-state index is 0.0463. The predicted molar refractivity (Wildman–Crippen MR) is 123 cm³/mol. The van der Waals surface area contributed by atoms with Gasteiger partial charge < -0.3 is 19.1 Å². The van der Waals surface area contributed by atoms with E-state index >= 15 is 0 Å².